The maximum Gasteiger partial charge on any atom is -0.0417 e. The lowest BCUT2D eigenvalue weighted by Crippen LogP contribution is -2.03. The van der Waals surface area contributed by atoms with Gasteiger partial charge in [0.1, 0.15) is 0 Å². The van der Waals surface area contributed by atoms with Gasteiger partial charge in [-0.3, -0.25) is 0 Å². The third kappa shape index (κ3) is 6.12. The molecule has 0 bridgehead atoms. The van der Waals surface area contributed by atoms with Crippen molar-refractivity contribution in [2.75, 3.05) is 0 Å². The molecule has 1 unspecified atom stereocenters. The van der Waals surface area contributed by atoms with Crippen molar-refractivity contribution in [3.63, 3.8) is 0 Å². The molecule has 0 aromatic rings. The molecule has 0 aliphatic carbocycles. The van der Waals surface area contributed by atoms with E-state index in [2.05, 4.69) is 27.7 Å². The van der Waals surface area contributed by atoms with Gasteiger partial charge < -0.3 is 0 Å². The lowest BCUT2D eigenvalue weighted by atomic mass is 9.89. The quantitative estimate of drug-likeness (QED) is 0.496. The van der Waals surface area contributed by atoms with E-state index in [1.165, 1.54) is 44.9 Å². The van der Waals surface area contributed by atoms with E-state index in [9.17, 15) is 0 Å². The molecule has 0 fully saturated rings. The Bertz CT molecular complexity index is 92.2. The first kappa shape index (κ1) is 13.0. The second-order valence-electron chi connectivity index (χ2n) is 4.32. The molecule has 0 spiro atoms. The van der Waals surface area contributed by atoms with Crippen molar-refractivity contribution in [3.8, 4) is 0 Å². The predicted molar refractivity (Wildman–Crippen MR) is 62.0 cm³/mol. The maximum absolute atomic E-state index is 2.34. The summed E-state index contributed by atoms with van der Waals surface area (Å²) in [6.07, 6.45) is 9.87. The third-order valence-electron chi connectivity index (χ3n) is 3.41. The summed E-state index contributed by atoms with van der Waals surface area (Å²) in [6, 6.07) is 0. The summed E-state index contributed by atoms with van der Waals surface area (Å²) in [7, 11) is 0. The first-order valence-electron chi connectivity index (χ1n) is 6.28. The van der Waals surface area contributed by atoms with Gasteiger partial charge in [0, 0.05) is 0 Å². The van der Waals surface area contributed by atoms with Gasteiger partial charge in [-0.15, -0.1) is 0 Å². The second-order valence-corrected chi connectivity index (χ2v) is 4.32. The van der Waals surface area contributed by atoms with Crippen LogP contribution < -0.4 is 0 Å². The van der Waals surface area contributed by atoms with Gasteiger partial charge in [0.25, 0.3) is 0 Å². The molecular weight excluding hydrogens is 156 g/mol. The minimum Gasteiger partial charge on any atom is -0.0654 e. The Kier molecular flexibility index (Phi) is 8.59. The fourth-order valence-corrected chi connectivity index (χ4v) is 2.13. The highest BCUT2D eigenvalue weighted by molar-refractivity contribution is 4.61. The summed E-state index contributed by atoms with van der Waals surface area (Å²) in [5.41, 5.74) is 0. The van der Waals surface area contributed by atoms with E-state index in [1.807, 2.05) is 0 Å². The highest BCUT2D eigenvalue weighted by atomic mass is 14.1. The van der Waals surface area contributed by atoms with Crippen LogP contribution in [0.5, 0.6) is 0 Å². The molecule has 0 nitrogen and oxygen atoms in total. The first-order chi connectivity index (χ1) is 6.28. The molecule has 0 saturated heterocycles. The Morgan fingerprint density at radius 3 is 1.46 bits per heavy atom. The van der Waals surface area contributed by atoms with Crippen LogP contribution in [0, 0.1) is 11.8 Å². The van der Waals surface area contributed by atoms with Crippen LogP contribution in [0.2, 0.25) is 0 Å². The van der Waals surface area contributed by atoms with E-state index < -0.39 is 0 Å². The van der Waals surface area contributed by atoms with Crippen LogP contribution in [-0.2, 0) is 0 Å². The van der Waals surface area contributed by atoms with Gasteiger partial charge >= 0.3 is 0 Å². The molecule has 0 N–H and O–H groups in total. The molecular formula is C13H28. The minimum absolute atomic E-state index is 0.992. The van der Waals surface area contributed by atoms with Gasteiger partial charge in [-0.2, -0.15) is 0 Å². The Morgan fingerprint density at radius 2 is 1.08 bits per heavy atom. The topological polar surface area (TPSA) is 0 Å². The molecule has 0 radical (unpaired) electrons. The largest absolute Gasteiger partial charge is 0.0654 e. The van der Waals surface area contributed by atoms with Crippen LogP contribution in [0.15, 0.2) is 0 Å². The number of hydrogen-bond acceptors (Lipinski definition) is 0. The molecule has 0 aliphatic heterocycles. The SMILES string of the molecule is CCCC(CC)CCC(CC)CC. The first-order valence-corrected chi connectivity index (χ1v) is 6.28. The third-order valence-corrected chi connectivity index (χ3v) is 3.41. The smallest absolute Gasteiger partial charge is 0.0417 e. The molecule has 0 aromatic carbocycles. The van der Waals surface area contributed by atoms with Crippen LogP contribution in [-0.4, -0.2) is 0 Å². The molecule has 0 rings (SSSR count). The van der Waals surface area contributed by atoms with E-state index >= 15 is 0 Å². The van der Waals surface area contributed by atoms with Gasteiger partial charge in [0.05, 0.1) is 0 Å². The second kappa shape index (κ2) is 8.59. The molecule has 0 heteroatoms. The summed E-state index contributed by atoms with van der Waals surface area (Å²) in [4.78, 5) is 0. The molecule has 1 atom stereocenters. The van der Waals surface area contributed by atoms with E-state index in [0.717, 1.165) is 11.8 Å². The van der Waals surface area contributed by atoms with Crippen molar-refractivity contribution in [2.45, 2.75) is 72.6 Å². The van der Waals surface area contributed by atoms with Gasteiger partial charge in [0.15, 0.2) is 0 Å². The molecule has 0 amide bonds. The van der Waals surface area contributed by atoms with Gasteiger partial charge in [-0.1, -0.05) is 72.6 Å². The average molecular weight is 184 g/mol. The van der Waals surface area contributed by atoms with Gasteiger partial charge in [-0.25, -0.2) is 0 Å². The molecule has 0 heterocycles. The average Bonchev–Trinajstić information content (AvgIpc) is 2.17. The zero-order valence-electron chi connectivity index (χ0n) is 10.1. The lowest BCUT2D eigenvalue weighted by Gasteiger charge is -2.17. The molecule has 80 valence electrons. The normalized spacial score (nSPS) is 13.6. The van der Waals surface area contributed by atoms with E-state index in [4.69, 9.17) is 0 Å². The van der Waals surface area contributed by atoms with Gasteiger partial charge in [-0.05, 0) is 11.8 Å². The summed E-state index contributed by atoms with van der Waals surface area (Å²) < 4.78 is 0. The van der Waals surface area contributed by atoms with Crippen molar-refractivity contribution in [2.24, 2.45) is 11.8 Å². The highest BCUT2D eigenvalue weighted by Gasteiger charge is 2.08. The van der Waals surface area contributed by atoms with Crippen molar-refractivity contribution in [1.82, 2.24) is 0 Å². The molecule has 0 aliphatic rings. The molecule has 0 saturated carbocycles. The van der Waals surface area contributed by atoms with Crippen molar-refractivity contribution in [3.05, 3.63) is 0 Å². The maximum atomic E-state index is 2.34. The summed E-state index contributed by atoms with van der Waals surface area (Å²) in [6.45, 7) is 9.30. The Balaban J connectivity index is 3.56. The predicted octanol–water partition coefficient (Wildman–Crippen LogP) is 5.03. The van der Waals surface area contributed by atoms with E-state index in [1.54, 1.807) is 0 Å². The van der Waals surface area contributed by atoms with Crippen molar-refractivity contribution >= 4 is 0 Å². The summed E-state index contributed by atoms with van der Waals surface area (Å²) in [5, 5.41) is 0. The molecule has 13 heavy (non-hydrogen) atoms. The summed E-state index contributed by atoms with van der Waals surface area (Å²) >= 11 is 0. The Hall–Kier alpha value is 0. The monoisotopic (exact) mass is 184 g/mol. The Labute approximate surface area is 85.1 Å². The molecule has 0 aromatic heterocycles. The zero-order chi connectivity index (χ0) is 10.1. The van der Waals surface area contributed by atoms with Crippen molar-refractivity contribution in [1.29, 1.82) is 0 Å². The van der Waals surface area contributed by atoms with E-state index in [-0.39, 0.29) is 0 Å². The standard InChI is InChI=1S/C13H28/c1-5-9-13(8-4)11-10-12(6-2)7-3/h12-13H,5-11H2,1-4H3. The highest BCUT2D eigenvalue weighted by Crippen LogP contribution is 2.23. The van der Waals surface area contributed by atoms with Gasteiger partial charge in [0.2, 0.25) is 0 Å². The minimum atomic E-state index is 0.992. The van der Waals surface area contributed by atoms with Crippen LogP contribution in [0.1, 0.15) is 72.6 Å². The van der Waals surface area contributed by atoms with Crippen LogP contribution in [0.3, 0.4) is 0 Å². The van der Waals surface area contributed by atoms with E-state index in [0.29, 0.717) is 0 Å². The van der Waals surface area contributed by atoms with Crippen molar-refractivity contribution < 1.29 is 0 Å². The van der Waals surface area contributed by atoms with Crippen LogP contribution in [0.4, 0.5) is 0 Å². The van der Waals surface area contributed by atoms with Crippen LogP contribution in [0.25, 0.3) is 0 Å². The lowest BCUT2D eigenvalue weighted by molar-refractivity contribution is 0.353. The summed E-state index contributed by atoms with van der Waals surface area (Å²) in [5.74, 6) is 2.00. The fourth-order valence-electron chi connectivity index (χ4n) is 2.13. The number of rotatable bonds is 8. The Morgan fingerprint density at radius 1 is 0.615 bits per heavy atom. The fraction of sp³-hybridized carbons (Fsp3) is 1.00. The zero-order valence-corrected chi connectivity index (χ0v) is 10.1. The van der Waals surface area contributed by atoms with Crippen LogP contribution >= 0.6 is 0 Å². The number of hydrogen-bond donors (Lipinski definition) is 0.